The molecule has 0 aliphatic carbocycles. The Morgan fingerprint density at radius 2 is 1.41 bits per heavy atom. The highest BCUT2D eigenvalue weighted by Gasteiger charge is 2.36. The van der Waals surface area contributed by atoms with E-state index >= 15 is 0 Å². The van der Waals surface area contributed by atoms with Crippen molar-refractivity contribution in [3.05, 3.63) is 12.2 Å². The maximum absolute atomic E-state index is 12.1. The summed E-state index contributed by atoms with van der Waals surface area (Å²) in [5.41, 5.74) is 0.136. The zero-order chi connectivity index (χ0) is 17.4. The van der Waals surface area contributed by atoms with Crippen molar-refractivity contribution in [3.63, 3.8) is 0 Å². The molecule has 0 bridgehead atoms. The van der Waals surface area contributed by atoms with E-state index in [0.717, 1.165) is 0 Å². The van der Waals surface area contributed by atoms with Crippen LogP contribution in [0.5, 0.6) is 0 Å². The Kier molecular flexibility index (Phi) is 8.15. The Labute approximate surface area is 129 Å². The molecule has 0 aromatic rings. The summed E-state index contributed by atoms with van der Waals surface area (Å²) in [5.74, 6) is -5.73. The van der Waals surface area contributed by atoms with Gasteiger partial charge in [0.25, 0.3) is 0 Å². The molecule has 2 unspecified atom stereocenters. The van der Waals surface area contributed by atoms with E-state index in [0.29, 0.717) is 0 Å². The molecule has 0 spiro atoms. The fourth-order valence-electron chi connectivity index (χ4n) is 1.73. The van der Waals surface area contributed by atoms with Gasteiger partial charge in [0.15, 0.2) is 11.6 Å². The minimum absolute atomic E-state index is 0.0113. The van der Waals surface area contributed by atoms with Gasteiger partial charge in [-0.3, -0.25) is 19.2 Å². The van der Waals surface area contributed by atoms with E-state index in [2.05, 4.69) is 6.58 Å². The first-order valence-corrected chi connectivity index (χ1v) is 7.13. The lowest BCUT2D eigenvalue weighted by molar-refractivity contribution is -0.150. The average molecular weight is 310 g/mol. The smallest absolute Gasteiger partial charge is 0.333 e. The molecule has 0 heterocycles. The van der Waals surface area contributed by atoms with Gasteiger partial charge in [0.05, 0.1) is 5.92 Å². The van der Waals surface area contributed by atoms with Crippen LogP contribution in [0.3, 0.4) is 0 Å². The fraction of sp³-hybridized carbons (Fsp3) is 0.562. The van der Waals surface area contributed by atoms with Crippen molar-refractivity contribution >= 4 is 29.1 Å². The van der Waals surface area contributed by atoms with Crippen molar-refractivity contribution in [2.75, 3.05) is 6.61 Å². The van der Waals surface area contributed by atoms with Gasteiger partial charge in [-0.25, -0.2) is 4.79 Å². The van der Waals surface area contributed by atoms with Crippen LogP contribution >= 0.6 is 0 Å². The number of rotatable bonds is 10. The number of hydrogen-bond donors (Lipinski definition) is 0. The average Bonchev–Trinajstić information content (AvgIpc) is 2.51. The molecule has 2 atom stereocenters. The molecule has 0 amide bonds. The SMILES string of the molecule is C=C(C)C(=O)OCC(C(=O)C(=O)CC)C(C)C(=O)C(=O)CC. The van der Waals surface area contributed by atoms with Crippen molar-refractivity contribution in [3.8, 4) is 0 Å². The zero-order valence-corrected chi connectivity index (χ0v) is 13.4. The van der Waals surface area contributed by atoms with Crippen molar-refractivity contribution in [2.24, 2.45) is 11.8 Å². The van der Waals surface area contributed by atoms with Gasteiger partial charge in [-0.05, 0) is 6.92 Å². The van der Waals surface area contributed by atoms with Crippen LogP contribution in [-0.2, 0) is 28.7 Å². The maximum Gasteiger partial charge on any atom is 0.333 e. The number of carbonyl (C=O) groups is 5. The van der Waals surface area contributed by atoms with Gasteiger partial charge in [0.2, 0.25) is 11.6 Å². The van der Waals surface area contributed by atoms with E-state index < -0.39 is 47.5 Å². The third-order valence-electron chi connectivity index (χ3n) is 3.29. The Morgan fingerprint density at radius 3 is 1.82 bits per heavy atom. The van der Waals surface area contributed by atoms with Crippen molar-refractivity contribution < 1.29 is 28.7 Å². The Morgan fingerprint density at radius 1 is 0.955 bits per heavy atom. The first kappa shape index (κ1) is 19.9. The van der Waals surface area contributed by atoms with Gasteiger partial charge in [0.1, 0.15) is 6.61 Å². The molecule has 0 aromatic carbocycles. The molecular formula is C16H22O6. The molecule has 6 heteroatoms. The number of Topliss-reactive ketones (excluding diaryl/α,β-unsaturated/α-hetero) is 4. The highest BCUT2D eigenvalue weighted by molar-refractivity contribution is 6.41. The highest BCUT2D eigenvalue weighted by atomic mass is 16.5. The van der Waals surface area contributed by atoms with Gasteiger partial charge < -0.3 is 4.74 Å². The van der Waals surface area contributed by atoms with E-state index in [1.165, 1.54) is 27.7 Å². The summed E-state index contributed by atoms with van der Waals surface area (Å²) >= 11 is 0. The van der Waals surface area contributed by atoms with E-state index in [4.69, 9.17) is 4.74 Å². The number of carbonyl (C=O) groups excluding carboxylic acids is 5. The second-order valence-electron chi connectivity index (χ2n) is 5.06. The predicted molar refractivity (Wildman–Crippen MR) is 79.0 cm³/mol. The van der Waals surface area contributed by atoms with Gasteiger partial charge in [-0.15, -0.1) is 0 Å². The topological polar surface area (TPSA) is 94.6 Å². The summed E-state index contributed by atoms with van der Waals surface area (Å²) in [6, 6.07) is 0. The second-order valence-corrected chi connectivity index (χ2v) is 5.06. The lowest BCUT2D eigenvalue weighted by atomic mass is 9.84. The van der Waals surface area contributed by atoms with Crippen LogP contribution in [0.4, 0.5) is 0 Å². The molecule has 0 radical (unpaired) electrons. The monoisotopic (exact) mass is 310 g/mol. The Hall–Kier alpha value is -2.11. The molecule has 6 nitrogen and oxygen atoms in total. The van der Waals surface area contributed by atoms with Gasteiger partial charge in [-0.1, -0.05) is 27.4 Å². The van der Waals surface area contributed by atoms with E-state index in [9.17, 15) is 24.0 Å². The molecule has 0 fully saturated rings. The largest absolute Gasteiger partial charge is 0.462 e. The van der Waals surface area contributed by atoms with Crippen molar-refractivity contribution in [1.29, 1.82) is 0 Å². The Balaban J connectivity index is 5.24. The van der Waals surface area contributed by atoms with Crippen LogP contribution in [-0.4, -0.2) is 35.7 Å². The van der Waals surface area contributed by atoms with E-state index in [-0.39, 0.29) is 18.4 Å². The van der Waals surface area contributed by atoms with Crippen LogP contribution in [0.25, 0.3) is 0 Å². The molecular weight excluding hydrogens is 288 g/mol. The Bertz CT molecular complexity index is 503. The third kappa shape index (κ3) is 5.35. The minimum Gasteiger partial charge on any atom is -0.462 e. The summed E-state index contributed by atoms with van der Waals surface area (Å²) in [6.07, 6.45) is -0.0102. The van der Waals surface area contributed by atoms with Gasteiger partial charge in [0, 0.05) is 24.3 Å². The molecule has 0 rings (SSSR count). The standard InChI is InChI=1S/C16H22O6/c1-6-12(17)14(19)10(5)11(15(20)13(18)7-2)8-22-16(21)9(3)4/h10-11H,3,6-8H2,1-2,4-5H3. The van der Waals surface area contributed by atoms with Crippen LogP contribution in [0.1, 0.15) is 40.5 Å². The summed E-state index contributed by atoms with van der Waals surface area (Å²) in [5, 5.41) is 0. The van der Waals surface area contributed by atoms with Gasteiger partial charge >= 0.3 is 5.97 Å². The second kappa shape index (κ2) is 9.02. The first-order valence-electron chi connectivity index (χ1n) is 7.13. The van der Waals surface area contributed by atoms with E-state index in [1.54, 1.807) is 0 Å². The molecule has 0 aliphatic heterocycles. The molecule has 0 N–H and O–H groups in total. The molecule has 0 aromatic heterocycles. The highest BCUT2D eigenvalue weighted by Crippen LogP contribution is 2.18. The lowest BCUT2D eigenvalue weighted by Gasteiger charge is -2.20. The van der Waals surface area contributed by atoms with Crippen LogP contribution in [0, 0.1) is 11.8 Å². The van der Waals surface area contributed by atoms with Crippen LogP contribution < -0.4 is 0 Å². The first-order chi connectivity index (χ1) is 10.2. The molecule has 0 saturated carbocycles. The quantitative estimate of drug-likeness (QED) is 0.344. The number of ketones is 4. The molecule has 0 aliphatic rings. The molecule has 122 valence electrons. The third-order valence-corrected chi connectivity index (χ3v) is 3.29. The van der Waals surface area contributed by atoms with E-state index in [1.807, 2.05) is 0 Å². The number of hydrogen-bond acceptors (Lipinski definition) is 6. The maximum atomic E-state index is 12.1. The molecule has 22 heavy (non-hydrogen) atoms. The number of esters is 1. The summed E-state index contributed by atoms with van der Waals surface area (Å²) in [7, 11) is 0. The zero-order valence-electron chi connectivity index (χ0n) is 13.4. The van der Waals surface area contributed by atoms with Crippen molar-refractivity contribution in [2.45, 2.75) is 40.5 Å². The predicted octanol–water partition coefficient (Wildman–Crippen LogP) is 1.45. The fourth-order valence-corrected chi connectivity index (χ4v) is 1.73. The normalized spacial score (nSPS) is 12.9. The van der Waals surface area contributed by atoms with Gasteiger partial charge in [-0.2, -0.15) is 0 Å². The summed E-state index contributed by atoms with van der Waals surface area (Å²) in [6.45, 7) is 8.84. The summed E-state index contributed by atoms with van der Waals surface area (Å²) < 4.78 is 4.89. The van der Waals surface area contributed by atoms with Crippen LogP contribution in [0.15, 0.2) is 12.2 Å². The minimum atomic E-state index is -1.15. The van der Waals surface area contributed by atoms with Crippen molar-refractivity contribution in [1.82, 2.24) is 0 Å². The number of ether oxygens (including phenoxy) is 1. The van der Waals surface area contributed by atoms with Crippen LogP contribution in [0.2, 0.25) is 0 Å². The molecule has 0 saturated heterocycles. The summed E-state index contributed by atoms with van der Waals surface area (Å²) in [4.78, 5) is 58.5. The lowest BCUT2D eigenvalue weighted by Crippen LogP contribution is -2.38.